The molecule has 1 N–H and O–H groups in total. The number of amides is 2. The fraction of sp³-hybridized carbons (Fsp3) is 0.310. The fourth-order valence-corrected chi connectivity index (χ4v) is 5.42. The minimum Gasteiger partial charge on any atom is -0.352 e. The number of nitrogens with zero attached hydrogens (tertiary/aromatic N) is 2. The lowest BCUT2D eigenvalue weighted by atomic mass is 10.0. The molecular weight excluding hydrogens is 612 g/mol. The summed E-state index contributed by atoms with van der Waals surface area (Å²) in [6, 6.07) is 16.2. The highest BCUT2D eigenvalue weighted by atomic mass is 35.5. The molecule has 0 unspecified atom stereocenters. The molecule has 0 aliphatic rings. The fourth-order valence-electron chi connectivity index (χ4n) is 4.08. The van der Waals surface area contributed by atoms with E-state index in [1.54, 1.807) is 18.2 Å². The predicted octanol–water partition coefficient (Wildman–Crippen LogP) is 6.11. The van der Waals surface area contributed by atoms with E-state index in [0.717, 1.165) is 28.3 Å². The third kappa shape index (κ3) is 9.07. The SMILES string of the molecule is CC[C@H](C)NC(=O)[C@@H](Cc1ccccc1)N(Cc1ccc(Cl)c(Cl)c1)C(=O)CN(c1ccc(F)c(Cl)c1)S(C)(=O)=O. The molecule has 0 radical (unpaired) electrons. The first-order valence-corrected chi connectivity index (χ1v) is 15.8. The number of sulfonamides is 1. The number of nitrogens with one attached hydrogen (secondary N) is 1. The molecule has 3 rings (SSSR count). The van der Waals surface area contributed by atoms with Crippen molar-refractivity contribution in [2.45, 2.75) is 45.3 Å². The number of benzene rings is 3. The van der Waals surface area contributed by atoms with Gasteiger partial charge in [0.2, 0.25) is 21.8 Å². The highest BCUT2D eigenvalue weighted by Crippen LogP contribution is 2.27. The van der Waals surface area contributed by atoms with Crippen LogP contribution in [-0.2, 0) is 32.6 Å². The Labute approximate surface area is 255 Å². The van der Waals surface area contributed by atoms with Crippen LogP contribution in [-0.4, -0.2) is 50.0 Å². The summed E-state index contributed by atoms with van der Waals surface area (Å²) in [6.07, 6.45) is 1.76. The van der Waals surface area contributed by atoms with E-state index < -0.39 is 40.2 Å². The van der Waals surface area contributed by atoms with E-state index in [4.69, 9.17) is 34.8 Å². The Balaban J connectivity index is 2.09. The van der Waals surface area contributed by atoms with Gasteiger partial charge in [-0.3, -0.25) is 13.9 Å². The topological polar surface area (TPSA) is 86.8 Å². The standard InChI is InChI=1S/C29H31Cl3FN3O4S/c1-4-19(2)34-29(38)27(15-20-8-6-5-7-9-20)35(17-21-10-12-23(30)24(31)14-21)28(37)18-36(41(3,39)40)22-11-13-26(33)25(32)16-22/h5-14,16,19,27H,4,15,17-18H2,1-3H3,(H,34,38)/t19-,27+/m0/s1. The molecule has 0 saturated heterocycles. The van der Waals surface area contributed by atoms with Crippen LogP contribution in [0.3, 0.4) is 0 Å². The van der Waals surface area contributed by atoms with E-state index in [2.05, 4.69) is 5.32 Å². The van der Waals surface area contributed by atoms with Gasteiger partial charge in [-0.15, -0.1) is 0 Å². The second-order valence-electron chi connectivity index (χ2n) is 9.66. The number of rotatable bonds is 12. The van der Waals surface area contributed by atoms with E-state index in [-0.39, 0.29) is 34.7 Å². The van der Waals surface area contributed by atoms with Crippen molar-refractivity contribution in [1.29, 1.82) is 0 Å². The molecule has 220 valence electrons. The van der Waals surface area contributed by atoms with Crippen LogP contribution in [0.2, 0.25) is 15.1 Å². The first-order chi connectivity index (χ1) is 19.3. The molecule has 0 fully saturated rings. The molecule has 0 heterocycles. The van der Waals surface area contributed by atoms with Crippen molar-refractivity contribution < 1.29 is 22.4 Å². The average Bonchev–Trinajstić information content (AvgIpc) is 2.92. The number of hydrogen-bond donors (Lipinski definition) is 1. The smallest absolute Gasteiger partial charge is 0.244 e. The van der Waals surface area contributed by atoms with Crippen LogP contribution in [0.5, 0.6) is 0 Å². The summed E-state index contributed by atoms with van der Waals surface area (Å²) in [5.74, 6) is -1.80. The molecule has 0 aliphatic carbocycles. The molecule has 0 bridgehead atoms. The minimum atomic E-state index is -4.02. The van der Waals surface area contributed by atoms with Crippen LogP contribution >= 0.6 is 34.8 Å². The van der Waals surface area contributed by atoms with Crippen LogP contribution in [0.15, 0.2) is 66.7 Å². The molecule has 3 aromatic carbocycles. The van der Waals surface area contributed by atoms with Gasteiger partial charge in [0.25, 0.3) is 0 Å². The lowest BCUT2D eigenvalue weighted by Crippen LogP contribution is -2.54. The lowest BCUT2D eigenvalue weighted by molar-refractivity contribution is -0.140. The van der Waals surface area contributed by atoms with Crippen LogP contribution in [0, 0.1) is 5.82 Å². The van der Waals surface area contributed by atoms with E-state index in [9.17, 15) is 22.4 Å². The Kier molecular flexibility index (Phi) is 11.4. The third-order valence-electron chi connectivity index (χ3n) is 6.48. The highest BCUT2D eigenvalue weighted by molar-refractivity contribution is 7.92. The molecule has 0 spiro atoms. The van der Waals surface area contributed by atoms with Gasteiger partial charge in [-0.1, -0.05) is 78.1 Å². The summed E-state index contributed by atoms with van der Waals surface area (Å²) >= 11 is 18.3. The molecule has 0 saturated carbocycles. The summed E-state index contributed by atoms with van der Waals surface area (Å²) in [5, 5.41) is 3.23. The lowest BCUT2D eigenvalue weighted by Gasteiger charge is -2.34. The maximum atomic E-state index is 14.0. The molecule has 2 atom stereocenters. The quantitative estimate of drug-likeness (QED) is 0.259. The number of anilines is 1. The molecule has 7 nitrogen and oxygen atoms in total. The molecule has 41 heavy (non-hydrogen) atoms. The number of carbonyl (C=O) groups excluding carboxylic acids is 2. The molecule has 0 aliphatic heterocycles. The Morgan fingerprint density at radius 2 is 1.61 bits per heavy atom. The van der Waals surface area contributed by atoms with Crippen molar-refractivity contribution in [3.63, 3.8) is 0 Å². The third-order valence-corrected chi connectivity index (χ3v) is 8.65. The van der Waals surface area contributed by atoms with Gasteiger partial charge in [-0.05, 0) is 54.8 Å². The Bertz CT molecular complexity index is 1490. The van der Waals surface area contributed by atoms with Gasteiger partial charge >= 0.3 is 0 Å². The van der Waals surface area contributed by atoms with E-state index in [1.807, 2.05) is 44.2 Å². The van der Waals surface area contributed by atoms with E-state index in [1.165, 1.54) is 11.0 Å². The maximum Gasteiger partial charge on any atom is 0.244 e. The van der Waals surface area contributed by atoms with Crippen LogP contribution in [0.1, 0.15) is 31.4 Å². The zero-order chi connectivity index (χ0) is 30.3. The number of hydrogen-bond acceptors (Lipinski definition) is 4. The summed E-state index contributed by atoms with van der Waals surface area (Å²) in [6.45, 7) is 3.05. The van der Waals surface area contributed by atoms with Crippen molar-refractivity contribution in [1.82, 2.24) is 10.2 Å². The summed E-state index contributed by atoms with van der Waals surface area (Å²) < 4.78 is 40.3. The largest absolute Gasteiger partial charge is 0.352 e. The highest BCUT2D eigenvalue weighted by Gasteiger charge is 2.33. The van der Waals surface area contributed by atoms with Crippen molar-refractivity contribution in [2.24, 2.45) is 0 Å². The summed E-state index contributed by atoms with van der Waals surface area (Å²) in [7, 11) is -4.02. The molecular formula is C29H31Cl3FN3O4S. The molecule has 0 aromatic heterocycles. The van der Waals surface area contributed by atoms with Crippen LogP contribution in [0.25, 0.3) is 0 Å². The summed E-state index contributed by atoms with van der Waals surface area (Å²) in [4.78, 5) is 29.0. The normalized spacial score (nSPS) is 12.9. The van der Waals surface area contributed by atoms with Gasteiger partial charge in [0, 0.05) is 19.0 Å². The Morgan fingerprint density at radius 1 is 0.927 bits per heavy atom. The Hall–Kier alpha value is -2.85. The van der Waals surface area contributed by atoms with Crippen LogP contribution < -0.4 is 9.62 Å². The van der Waals surface area contributed by atoms with Gasteiger partial charge in [0.05, 0.1) is 27.0 Å². The number of carbonyl (C=O) groups is 2. The van der Waals surface area contributed by atoms with E-state index in [0.29, 0.717) is 17.0 Å². The first-order valence-electron chi connectivity index (χ1n) is 12.8. The second kappa shape index (κ2) is 14.4. The van der Waals surface area contributed by atoms with Crippen molar-refractivity contribution >= 4 is 62.3 Å². The van der Waals surface area contributed by atoms with Gasteiger partial charge in [0.15, 0.2) is 0 Å². The second-order valence-corrected chi connectivity index (χ2v) is 12.8. The predicted molar refractivity (Wildman–Crippen MR) is 162 cm³/mol. The van der Waals surface area contributed by atoms with Gasteiger partial charge in [-0.2, -0.15) is 0 Å². The summed E-state index contributed by atoms with van der Waals surface area (Å²) in [5.41, 5.74) is 1.39. The first kappa shape index (κ1) is 32.7. The van der Waals surface area contributed by atoms with Crippen molar-refractivity contribution in [2.75, 3.05) is 17.1 Å². The maximum absolute atomic E-state index is 14.0. The monoisotopic (exact) mass is 641 g/mol. The average molecular weight is 643 g/mol. The van der Waals surface area contributed by atoms with Crippen LogP contribution in [0.4, 0.5) is 10.1 Å². The number of halogens is 4. The molecule has 3 aromatic rings. The zero-order valence-electron chi connectivity index (χ0n) is 22.8. The van der Waals surface area contributed by atoms with Gasteiger partial charge in [0.1, 0.15) is 18.4 Å². The van der Waals surface area contributed by atoms with Crippen molar-refractivity contribution in [3.05, 3.63) is 98.7 Å². The zero-order valence-corrected chi connectivity index (χ0v) is 25.9. The van der Waals surface area contributed by atoms with Crippen molar-refractivity contribution in [3.8, 4) is 0 Å². The molecule has 2 amide bonds. The van der Waals surface area contributed by atoms with E-state index >= 15 is 0 Å². The molecule has 12 heteroatoms. The van der Waals surface area contributed by atoms with Gasteiger partial charge in [-0.25, -0.2) is 12.8 Å². The van der Waals surface area contributed by atoms with Gasteiger partial charge < -0.3 is 10.2 Å². The Morgan fingerprint density at radius 3 is 2.20 bits per heavy atom. The minimum absolute atomic E-state index is 0.00500.